The van der Waals surface area contributed by atoms with Crippen LogP contribution in [-0.2, 0) is 0 Å². The first-order valence-corrected chi connectivity index (χ1v) is 20.9. The molecule has 0 fully saturated rings. The van der Waals surface area contributed by atoms with E-state index < -0.39 is 0 Å². The number of rotatable bonds is 10. The van der Waals surface area contributed by atoms with Crippen LogP contribution in [0.15, 0.2) is 261 Å². The first kappa shape index (κ1) is 37.3. The molecule has 0 bridgehead atoms. The molecule has 0 aliphatic rings. The Hall–Kier alpha value is -8.00. The molecule has 0 atom stereocenters. The molecule has 0 saturated heterocycles. The molecule has 10 aromatic rings. The lowest BCUT2D eigenvalue weighted by atomic mass is 9.91. The molecule has 0 amide bonds. The molecule has 10 aromatic carbocycles. The summed E-state index contributed by atoms with van der Waals surface area (Å²) < 4.78 is 0. The Balaban J connectivity index is 1.15. The molecule has 10 rings (SSSR count). The van der Waals surface area contributed by atoms with E-state index in [-0.39, 0.29) is 0 Å². The van der Waals surface area contributed by atoms with Gasteiger partial charge in [-0.3, -0.25) is 0 Å². The van der Waals surface area contributed by atoms with Crippen LogP contribution < -0.4 is 4.90 Å². The second-order valence-electron chi connectivity index (χ2n) is 15.3. The van der Waals surface area contributed by atoms with Crippen LogP contribution in [0, 0.1) is 0 Å². The van der Waals surface area contributed by atoms with Crippen LogP contribution in [0.1, 0.15) is 0 Å². The van der Waals surface area contributed by atoms with Crippen LogP contribution in [0.25, 0.3) is 77.9 Å². The maximum Gasteiger partial charge on any atom is 0.0468 e. The summed E-state index contributed by atoms with van der Waals surface area (Å²) in [6.07, 6.45) is 0. The highest BCUT2D eigenvalue weighted by molar-refractivity contribution is 5.93. The van der Waals surface area contributed by atoms with Gasteiger partial charge < -0.3 is 4.90 Å². The second kappa shape index (κ2) is 17.1. The van der Waals surface area contributed by atoms with E-state index in [2.05, 4.69) is 266 Å². The fourth-order valence-electron chi connectivity index (χ4n) is 8.43. The third kappa shape index (κ3) is 7.93. The zero-order chi connectivity index (χ0) is 40.8. The molecule has 1 heteroatoms. The average Bonchev–Trinajstić information content (AvgIpc) is 3.36. The minimum atomic E-state index is 1.08. The Kier molecular flexibility index (Phi) is 10.4. The lowest BCUT2D eigenvalue weighted by molar-refractivity contribution is 1.28. The largest absolute Gasteiger partial charge is 0.310 e. The van der Waals surface area contributed by atoms with Crippen LogP contribution >= 0.6 is 0 Å². The molecule has 0 aliphatic heterocycles. The van der Waals surface area contributed by atoms with E-state index in [0.29, 0.717) is 0 Å². The van der Waals surface area contributed by atoms with Gasteiger partial charge in [-0.25, -0.2) is 0 Å². The summed E-state index contributed by atoms with van der Waals surface area (Å²) in [4.78, 5) is 2.40. The standard InChI is InChI=1S/C60H43N/c1-6-18-44(19-7-1)47-32-34-54(35-33-47)61(55-36-38-57(59(42-55)48-24-12-4-13-25-48)52-30-16-28-50(40-52)45-20-8-2-9-21-45)56-37-39-58(60(43-56)49-26-14-5-15-27-49)53-31-17-29-51(41-53)46-22-10-3-11-23-46/h1-43H. The Morgan fingerprint density at radius 1 is 0.164 bits per heavy atom. The molecular weight excluding hydrogens is 735 g/mol. The minimum Gasteiger partial charge on any atom is -0.310 e. The van der Waals surface area contributed by atoms with Crippen molar-refractivity contribution < 1.29 is 0 Å². The highest BCUT2D eigenvalue weighted by atomic mass is 15.1. The number of hydrogen-bond acceptors (Lipinski definition) is 1. The van der Waals surface area contributed by atoms with Crippen LogP contribution in [0.5, 0.6) is 0 Å². The van der Waals surface area contributed by atoms with Crippen molar-refractivity contribution in [3.63, 3.8) is 0 Å². The molecule has 0 spiro atoms. The van der Waals surface area contributed by atoms with Gasteiger partial charge in [-0.15, -0.1) is 0 Å². The van der Waals surface area contributed by atoms with Gasteiger partial charge in [0.1, 0.15) is 0 Å². The van der Waals surface area contributed by atoms with Gasteiger partial charge in [-0.05, 0) is 126 Å². The highest BCUT2D eigenvalue weighted by Gasteiger charge is 2.19. The summed E-state index contributed by atoms with van der Waals surface area (Å²) in [7, 11) is 0. The van der Waals surface area contributed by atoms with E-state index >= 15 is 0 Å². The summed E-state index contributed by atoms with van der Waals surface area (Å²) >= 11 is 0. The van der Waals surface area contributed by atoms with Gasteiger partial charge in [0, 0.05) is 17.1 Å². The van der Waals surface area contributed by atoms with Crippen LogP contribution in [0.3, 0.4) is 0 Å². The summed E-state index contributed by atoms with van der Waals surface area (Å²) in [6.45, 7) is 0. The Morgan fingerprint density at radius 2 is 0.459 bits per heavy atom. The Bertz CT molecular complexity index is 2860. The van der Waals surface area contributed by atoms with Crippen molar-refractivity contribution in [1.29, 1.82) is 0 Å². The first-order chi connectivity index (χ1) is 30.2. The van der Waals surface area contributed by atoms with E-state index in [4.69, 9.17) is 0 Å². The lowest BCUT2D eigenvalue weighted by Gasteiger charge is -2.28. The number of hydrogen-bond donors (Lipinski definition) is 0. The SMILES string of the molecule is c1ccc(-c2ccc(N(c3ccc(-c4cccc(-c5ccccc5)c4)c(-c4ccccc4)c3)c3ccc(-c4cccc(-c5ccccc5)c4)c(-c4ccccc4)c3)cc2)cc1. The van der Waals surface area contributed by atoms with Crippen molar-refractivity contribution in [3.8, 4) is 77.9 Å². The zero-order valence-corrected chi connectivity index (χ0v) is 33.8. The van der Waals surface area contributed by atoms with E-state index in [9.17, 15) is 0 Å². The van der Waals surface area contributed by atoms with E-state index in [1.807, 2.05) is 0 Å². The van der Waals surface area contributed by atoms with Crippen LogP contribution in [-0.4, -0.2) is 0 Å². The van der Waals surface area contributed by atoms with Crippen molar-refractivity contribution in [1.82, 2.24) is 0 Å². The van der Waals surface area contributed by atoms with E-state index in [1.54, 1.807) is 0 Å². The van der Waals surface area contributed by atoms with Gasteiger partial charge in [0.05, 0.1) is 0 Å². The van der Waals surface area contributed by atoms with Crippen molar-refractivity contribution >= 4 is 17.1 Å². The van der Waals surface area contributed by atoms with E-state index in [0.717, 1.165) is 17.1 Å². The minimum absolute atomic E-state index is 1.08. The average molecular weight is 778 g/mol. The lowest BCUT2D eigenvalue weighted by Crippen LogP contribution is -2.10. The molecule has 1 nitrogen and oxygen atoms in total. The fraction of sp³-hybridized carbons (Fsp3) is 0. The fourth-order valence-corrected chi connectivity index (χ4v) is 8.43. The summed E-state index contributed by atoms with van der Waals surface area (Å²) in [5.41, 5.74) is 19.8. The number of benzene rings is 10. The third-order valence-corrected chi connectivity index (χ3v) is 11.5. The van der Waals surface area contributed by atoms with Crippen molar-refractivity contribution in [2.45, 2.75) is 0 Å². The zero-order valence-electron chi connectivity index (χ0n) is 33.8. The van der Waals surface area contributed by atoms with Crippen LogP contribution in [0.2, 0.25) is 0 Å². The van der Waals surface area contributed by atoms with Crippen molar-refractivity contribution in [2.24, 2.45) is 0 Å². The molecular formula is C60H43N. The summed E-state index contributed by atoms with van der Waals surface area (Å²) in [5.74, 6) is 0. The van der Waals surface area contributed by atoms with Gasteiger partial charge in [0.25, 0.3) is 0 Å². The second-order valence-corrected chi connectivity index (χ2v) is 15.3. The number of nitrogens with zero attached hydrogens (tertiary/aromatic N) is 1. The molecule has 0 heterocycles. The van der Waals surface area contributed by atoms with Gasteiger partial charge in [-0.1, -0.05) is 212 Å². The molecule has 0 aliphatic carbocycles. The maximum atomic E-state index is 2.40. The van der Waals surface area contributed by atoms with Crippen molar-refractivity contribution in [2.75, 3.05) is 4.90 Å². The molecule has 0 aromatic heterocycles. The highest BCUT2D eigenvalue weighted by Crippen LogP contribution is 2.44. The quantitative estimate of drug-likeness (QED) is 0.134. The van der Waals surface area contributed by atoms with Gasteiger partial charge >= 0.3 is 0 Å². The first-order valence-electron chi connectivity index (χ1n) is 20.9. The molecule has 288 valence electrons. The Labute approximate surface area is 359 Å². The topological polar surface area (TPSA) is 3.24 Å². The summed E-state index contributed by atoms with van der Waals surface area (Å²) in [6, 6.07) is 94.1. The third-order valence-electron chi connectivity index (χ3n) is 11.5. The van der Waals surface area contributed by atoms with Crippen molar-refractivity contribution in [3.05, 3.63) is 261 Å². The van der Waals surface area contributed by atoms with Gasteiger partial charge in [-0.2, -0.15) is 0 Å². The number of anilines is 3. The van der Waals surface area contributed by atoms with Gasteiger partial charge in [0.2, 0.25) is 0 Å². The van der Waals surface area contributed by atoms with E-state index in [1.165, 1.54) is 77.9 Å². The smallest absolute Gasteiger partial charge is 0.0468 e. The normalized spacial score (nSPS) is 11.0. The molecule has 0 unspecified atom stereocenters. The monoisotopic (exact) mass is 777 g/mol. The molecule has 0 N–H and O–H groups in total. The predicted octanol–water partition coefficient (Wildman–Crippen LogP) is 16.8. The molecule has 61 heavy (non-hydrogen) atoms. The molecule has 0 saturated carbocycles. The van der Waals surface area contributed by atoms with Crippen LogP contribution in [0.4, 0.5) is 17.1 Å². The maximum absolute atomic E-state index is 2.40. The predicted molar refractivity (Wildman–Crippen MR) is 259 cm³/mol. The van der Waals surface area contributed by atoms with Gasteiger partial charge in [0.15, 0.2) is 0 Å². The molecule has 0 radical (unpaired) electrons. The Morgan fingerprint density at radius 3 is 0.852 bits per heavy atom. The summed E-state index contributed by atoms with van der Waals surface area (Å²) in [5, 5.41) is 0.